The Bertz CT molecular complexity index is 1180. The summed E-state index contributed by atoms with van der Waals surface area (Å²) in [7, 11) is 0. The third-order valence-electron chi connectivity index (χ3n) is 4.85. The van der Waals surface area contributed by atoms with E-state index in [1.54, 1.807) is 0 Å². The normalized spacial score (nSPS) is 13.2. The van der Waals surface area contributed by atoms with Gasteiger partial charge in [0.25, 0.3) is 0 Å². The van der Waals surface area contributed by atoms with Crippen molar-refractivity contribution in [1.82, 2.24) is 0 Å². The number of rotatable bonds is 9. The number of halogens is 9. The lowest BCUT2D eigenvalue weighted by molar-refractivity contribution is -0.360. The van der Waals surface area contributed by atoms with Crippen molar-refractivity contribution in [3.05, 3.63) is 84.2 Å². The number of hydrogen-bond acceptors (Lipinski definition) is 4. The number of benzene rings is 3. The summed E-state index contributed by atoms with van der Waals surface area (Å²) in [6.45, 7) is -1.45. The van der Waals surface area contributed by atoms with Crippen LogP contribution < -0.4 is 14.4 Å². The monoisotopic (exact) mass is 539 g/mol. The van der Waals surface area contributed by atoms with E-state index >= 15 is 0 Å². The van der Waals surface area contributed by atoms with Crippen molar-refractivity contribution in [2.45, 2.75) is 31.1 Å². The van der Waals surface area contributed by atoms with Crippen LogP contribution in [0.15, 0.2) is 72.8 Å². The molecule has 0 aliphatic carbocycles. The van der Waals surface area contributed by atoms with Crippen LogP contribution in [0.5, 0.6) is 17.2 Å². The minimum Gasteiger partial charge on any atom is -0.457 e. The number of alkyl halides is 8. The second-order valence-corrected chi connectivity index (χ2v) is 7.76. The highest BCUT2D eigenvalue weighted by atomic mass is 19.4. The lowest BCUT2D eigenvalue weighted by Crippen LogP contribution is -2.42. The molecule has 0 aliphatic rings. The van der Waals surface area contributed by atoms with Crippen molar-refractivity contribution in [3.63, 3.8) is 0 Å². The first kappa shape index (κ1) is 28.0. The highest BCUT2D eigenvalue weighted by Crippen LogP contribution is 2.37. The molecule has 13 heteroatoms. The fourth-order valence-corrected chi connectivity index (χ4v) is 3.09. The Kier molecular flexibility index (Phi) is 8.16. The molecule has 1 N–H and O–H groups in total. The van der Waals surface area contributed by atoms with Gasteiger partial charge >= 0.3 is 18.5 Å². The summed E-state index contributed by atoms with van der Waals surface area (Å²) >= 11 is 0. The maximum absolute atomic E-state index is 13.3. The predicted molar refractivity (Wildman–Crippen MR) is 114 cm³/mol. The van der Waals surface area contributed by atoms with E-state index in [2.05, 4.69) is 4.74 Å². The first-order valence-electron chi connectivity index (χ1n) is 10.4. The van der Waals surface area contributed by atoms with Gasteiger partial charge in [-0.1, -0.05) is 18.2 Å². The van der Waals surface area contributed by atoms with Gasteiger partial charge in [-0.15, -0.1) is 0 Å². The molecule has 3 aromatic rings. The van der Waals surface area contributed by atoms with Crippen LogP contribution in [-0.2, 0) is 6.54 Å². The van der Waals surface area contributed by atoms with Gasteiger partial charge in [0.15, 0.2) is 6.10 Å². The smallest absolute Gasteiger partial charge is 0.457 e. The predicted octanol–water partition coefficient (Wildman–Crippen LogP) is 7.08. The van der Waals surface area contributed by atoms with Crippen LogP contribution in [0.2, 0.25) is 0 Å². The summed E-state index contributed by atoms with van der Waals surface area (Å²) in [6.07, 6.45) is -19.3. The molecule has 3 aromatic carbocycles. The number of hydrogen-bond donors (Lipinski definition) is 1. The highest BCUT2D eigenvalue weighted by molar-refractivity contribution is 5.52. The van der Waals surface area contributed by atoms with Crippen LogP contribution in [0.4, 0.5) is 45.2 Å². The zero-order valence-electron chi connectivity index (χ0n) is 18.5. The first-order chi connectivity index (χ1) is 17.1. The Morgan fingerprint density at radius 3 is 2.00 bits per heavy atom. The topological polar surface area (TPSA) is 41.9 Å². The number of ether oxygens (including phenoxy) is 2. The second-order valence-electron chi connectivity index (χ2n) is 7.76. The Hall–Kier alpha value is -3.61. The quantitative estimate of drug-likeness (QED) is 0.295. The molecule has 0 radical (unpaired) electrons. The summed E-state index contributed by atoms with van der Waals surface area (Å²) in [4.78, 5) is 1.02. The van der Waals surface area contributed by atoms with Crippen LogP contribution in [-0.4, -0.2) is 36.2 Å². The highest BCUT2D eigenvalue weighted by Gasteiger charge is 2.61. The fourth-order valence-electron chi connectivity index (χ4n) is 3.09. The van der Waals surface area contributed by atoms with Gasteiger partial charge in [0.2, 0.25) is 0 Å². The van der Waals surface area contributed by atoms with Gasteiger partial charge in [-0.25, -0.2) is 4.39 Å². The summed E-state index contributed by atoms with van der Waals surface area (Å²) in [5.41, 5.74) is 0.101. The lowest BCUT2D eigenvalue weighted by atomic mass is 10.1. The molecule has 4 nitrogen and oxygen atoms in total. The third kappa shape index (κ3) is 7.68. The van der Waals surface area contributed by atoms with Crippen LogP contribution in [0.1, 0.15) is 5.56 Å². The third-order valence-corrected chi connectivity index (χ3v) is 4.85. The molecule has 1 atom stereocenters. The van der Waals surface area contributed by atoms with E-state index in [9.17, 15) is 44.6 Å². The minimum absolute atomic E-state index is 0.00899. The molecule has 0 unspecified atom stereocenters. The van der Waals surface area contributed by atoms with Crippen LogP contribution in [0.25, 0.3) is 0 Å². The molecule has 0 bridgehead atoms. The van der Waals surface area contributed by atoms with Crippen molar-refractivity contribution in [2.75, 3.05) is 11.4 Å². The average Bonchev–Trinajstić information content (AvgIpc) is 2.79. The molecule has 0 saturated heterocycles. The fraction of sp³-hybridized carbons (Fsp3) is 0.250. The average molecular weight is 539 g/mol. The Balaban J connectivity index is 1.88. The van der Waals surface area contributed by atoms with E-state index in [4.69, 9.17) is 4.74 Å². The molecule has 0 amide bonds. The van der Waals surface area contributed by atoms with Crippen molar-refractivity contribution < 1.29 is 54.1 Å². The summed E-state index contributed by atoms with van der Waals surface area (Å²) in [6, 6.07) is 14.4. The molecular formula is C24H18F9NO3. The zero-order chi connectivity index (χ0) is 27.4. The Morgan fingerprint density at radius 2 is 1.38 bits per heavy atom. The molecule has 200 valence electrons. The summed E-state index contributed by atoms with van der Waals surface area (Å²) < 4.78 is 126. The maximum atomic E-state index is 13.3. The summed E-state index contributed by atoms with van der Waals surface area (Å²) in [5, 5.41) is 9.64. The van der Waals surface area contributed by atoms with Gasteiger partial charge in [0.1, 0.15) is 23.1 Å². The van der Waals surface area contributed by atoms with E-state index in [0.29, 0.717) is 0 Å². The standard InChI is InChI=1S/C24H18F9NO3/c25-16-7-9-18(10-8-16)36-19-5-2-4-17(12-19)34(14-21(35)22(26,27)28)13-15-3-1-6-20(11-15)37-24(32,33)23(29,30)31/h1-12,21,35H,13-14H2/t21-/m1/s1. The van der Waals surface area contributed by atoms with E-state index in [1.165, 1.54) is 42.5 Å². The number of nitrogens with zero attached hydrogens (tertiary/aromatic N) is 1. The van der Waals surface area contributed by atoms with Crippen molar-refractivity contribution in [3.8, 4) is 17.2 Å². The van der Waals surface area contributed by atoms with E-state index in [0.717, 1.165) is 35.2 Å². The van der Waals surface area contributed by atoms with Crippen molar-refractivity contribution in [1.29, 1.82) is 0 Å². The number of aliphatic hydroxyl groups excluding tert-OH is 1. The van der Waals surface area contributed by atoms with Gasteiger partial charge in [-0.2, -0.15) is 35.1 Å². The molecule has 37 heavy (non-hydrogen) atoms. The number of aliphatic hydroxyl groups is 1. The first-order valence-corrected chi connectivity index (χ1v) is 10.4. The van der Waals surface area contributed by atoms with Gasteiger partial charge in [-0.05, 0) is 54.1 Å². The van der Waals surface area contributed by atoms with Gasteiger partial charge in [0.05, 0.1) is 6.54 Å². The van der Waals surface area contributed by atoms with Crippen LogP contribution >= 0.6 is 0 Å². The lowest BCUT2D eigenvalue weighted by Gasteiger charge is -2.29. The molecule has 3 rings (SSSR count). The Labute approximate surface area is 204 Å². The number of anilines is 1. The second kappa shape index (κ2) is 10.8. The summed E-state index contributed by atoms with van der Waals surface area (Å²) in [5.74, 6) is -1.04. The van der Waals surface area contributed by atoms with Gasteiger partial charge in [-0.3, -0.25) is 0 Å². The maximum Gasteiger partial charge on any atom is 0.499 e. The zero-order valence-corrected chi connectivity index (χ0v) is 18.5. The molecule has 0 aromatic heterocycles. The Morgan fingerprint density at radius 1 is 0.757 bits per heavy atom. The largest absolute Gasteiger partial charge is 0.499 e. The molecule has 0 aliphatic heterocycles. The van der Waals surface area contributed by atoms with Crippen LogP contribution in [0, 0.1) is 5.82 Å². The minimum atomic E-state index is -5.99. The molecule has 0 saturated carbocycles. The van der Waals surface area contributed by atoms with Crippen molar-refractivity contribution >= 4 is 5.69 Å². The SMILES string of the molecule is O[C@H](CN(Cc1cccc(OC(F)(F)C(F)(F)F)c1)c1cccc(Oc2ccc(F)cc2)c1)C(F)(F)F. The van der Waals surface area contributed by atoms with Gasteiger partial charge < -0.3 is 19.5 Å². The molecule has 0 spiro atoms. The molecule has 0 heterocycles. The van der Waals surface area contributed by atoms with E-state index in [1.807, 2.05) is 0 Å². The van der Waals surface area contributed by atoms with Crippen molar-refractivity contribution in [2.24, 2.45) is 0 Å². The van der Waals surface area contributed by atoms with E-state index < -0.39 is 49.2 Å². The molecular weight excluding hydrogens is 521 g/mol. The van der Waals surface area contributed by atoms with Gasteiger partial charge in [0, 0.05) is 18.3 Å². The van der Waals surface area contributed by atoms with Crippen LogP contribution in [0.3, 0.4) is 0 Å². The molecule has 0 fully saturated rings. The van der Waals surface area contributed by atoms with E-state index in [-0.39, 0.29) is 22.7 Å².